The Morgan fingerprint density at radius 1 is 1.36 bits per heavy atom. The van der Waals surface area contributed by atoms with Gasteiger partial charge in [0.15, 0.2) is 0 Å². The van der Waals surface area contributed by atoms with Crippen molar-refractivity contribution in [2.24, 2.45) is 5.92 Å². The first-order valence-electron chi connectivity index (χ1n) is 5.44. The van der Waals surface area contributed by atoms with Crippen molar-refractivity contribution in [3.63, 3.8) is 0 Å². The molecule has 0 saturated heterocycles. The molecule has 2 atom stereocenters. The molecule has 0 bridgehead atoms. The average Bonchev–Trinajstić information content (AvgIpc) is 2.21. The van der Waals surface area contributed by atoms with Crippen LogP contribution in [0, 0.1) is 5.92 Å². The van der Waals surface area contributed by atoms with Gasteiger partial charge in [0.25, 0.3) is 0 Å². The molecule has 0 aliphatic heterocycles. The normalized spacial score (nSPS) is 14.9. The van der Waals surface area contributed by atoms with Crippen molar-refractivity contribution >= 4 is 5.97 Å². The lowest BCUT2D eigenvalue weighted by Crippen LogP contribution is -2.37. The Morgan fingerprint density at radius 2 is 2.00 bits per heavy atom. The maximum Gasteiger partial charge on any atom is 0.309 e. The van der Waals surface area contributed by atoms with Gasteiger partial charge in [-0.1, -0.05) is 26.7 Å². The third kappa shape index (κ3) is 5.22. The second-order valence-electron chi connectivity index (χ2n) is 3.76. The monoisotopic (exact) mass is 201 g/mol. The third-order valence-electron chi connectivity index (χ3n) is 2.57. The largest absolute Gasteiger partial charge is 0.469 e. The highest BCUT2D eigenvalue weighted by Crippen LogP contribution is 2.04. The molecule has 2 unspecified atom stereocenters. The summed E-state index contributed by atoms with van der Waals surface area (Å²) in [6.07, 6.45) is 3.64. The van der Waals surface area contributed by atoms with Crippen LogP contribution in [0.15, 0.2) is 0 Å². The maximum absolute atomic E-state index is 11.2. The Labute approximate surface area is 87.2 Å². The van der Waals surface area contributed by atoms with E-state index in [1.165, 1.54) is 26.4 Å². The Kier molecular flexibility index (Phi) is 7.48. The summed E-state index contributed by atoms with van der Waals surface area (Å²) in [7, 11) is 1.43. The number of ether oxygens (including phenoxy) is 1. The molecule has 0 spiro atoms. The second kappa shape index (κ2) is 7.80. The zero-order chi connectivity index (χ0) is 11.0. The van der Waals surface area contributed by atoms with E-state index in [0.717, 1.165) is 6.54 Å². The van der Waals surface area contributed by atoms with Gasteiger partial charge in [0.1, 0.15) is 0 Å². The van der Waals surface area contributed by atoms with Crippen molar-refractivity contribution in [3.8, 4) is 0 Å². The first-order chi connectivity index (χ1) is 6.63. The lowest BCUT2D eigenvalue weighted by Gasteiger charge is -2.19. The zero-order valence-corrected chi connectivity index (χ0v) is 9.80. The number of carbonyl (C=O) groups is 1. The van der Waals surface area contributed by atoms with Gasteiger partial charge < -0.3 is 10.1 Å². The van der Waals surface area contributed by atoms with Gasteiger partial charge in [0, 0.05) is 6.04 Å². The summed E-state index contributed by atoms with van der Waals surface area (Å²) < 4.78 is 4.68. The van der Waals surface area contributed by atoms with Crippen molar-refractivity contribution in [1.29, 1.82) is 0 Å². The van der Waals surface area contributed by atoms with E-state index < -0.39 is 0 Å². The number of hydrogen-bond donors (Lipinski definition) is 1. The summed E-state index contributed by atoms with van der Waals surface area (Å²) in [5.74, 6) is -0.206. The Morgan fingerprint density at radius 3 is 2.50 bits per heavy atom. The molecule has 14 heavy (non-hydrogen) atoms. The van der Waals surface area contributed by atoms with Crippen molar-refractivity contribution in [2.75, 3.05) is 13.7 Å². The predicted octanol–water partition coefficient (Wildman–Crippen LogP) is 1.96. The van der Waals surface area contributed by atoms with Crippen LogP contribution >= 0.6 is 0 Å². The van der Waals surface area contributed by atoms with Crippen LogP contribution in [0.25, 0.3) is 0 Å². The summed E-state index contributed by atoms with van der Waals surface area (Å²) in [5, 5.41) is 3.33. The Bertz CT molecular complexity index is 159. The van der Waals surface area contributed by atoms with Crippen LogP contribution in [-0.4, -0.2) is 25.7 Å². The van der Waals surface area contributed by atoms with Gasteiger partial charge in [0.05, 0.1) is 13.0 Å². The van der Waals surface area contributed by atoms with Crippen molar-refractivity contribution in [2.45, 2.75) is 46.1 Å². The molecule has 0 aliphatic rings. The number of esters is 1. The van der Waals surface area contributed by atoms with Crippen LogP contribution in [0.3, 0.4) is 0 Å². The van der Waals surface area contributed by atoms with Gasteiger partial charge in [-0.15, -0.1) is 0 Å². The lowest BCUT2D eigenvalue weighted by atomic mass is 10.0. The van der Waals surface area contributed by atoms with Crippen molar-refractivity contribution in [3.05, 3.63) is 0 Å². The summed E-state index contributed by atoms with van der Waals surface area (Å²) in [5.41, 5.74) is 0. The van der Waals surface area contributed by atoms with Gasteiger partial charge in [-0.3, -0.25) is 4.79 Å². The number of rotatable bonds is 7. The molecule has 0 aromatic carbocycles. The van der Waals surface area contributed by atoms with E-state index in [0.29, 0.717) is 0 Å². The Hall–Kier alpha value is -0.570. The summed E-state index contributed by atoms with van der Waals surface area (Å²) >= 11 is 0. The van der Waals surface area contributed by atoms with E-state index in [1.54, 1.807) is 0 Å². The summed E-state index contributed by atoms with van der Waals surface area (Å²) in [6.45, 7) is 7.08. The summed E-state index contributed by atoms with van der Waals surface area (Å²) in [4.78, 5) is 11.2. The smallest absolute Gasteiger partial charge is 0.309 e. The van der Waals surface area contributed by atoms with Gasteiger partial charge in [0.2, 0.25) is 0 Å². The predicted molar refractivity (Wildman–Crippen MR) is 58.2 cm³/mol. The van der Waals surface area contributed by atoms with Crippen LogP contribution in [0.5, 0.6) is 0 Å². The molecule has 0 fully saturated rings. The van der Waals surface area contributed by atoms with E-state index in [4.69, 9.17) is 0 Å². The topological polar surface area (TPSA) is 38.3 Å². The molecule has 0 aromatic heterocycles. The van der Waals surface area contributed by atoms with E-state index in [2.05, 4.69) is 17.0 Å². The van der Waals surface area contributed by atoms with Crippen LogP contribution in [0.4, 0.5) is 0 Å². The molecule has 84 valence electrons. The molecule has 0 aliphatic carbocycles. The van der Waals surface area contributed by atoms with E-state index in [9.17, 15) is 4.79 Å². The van der Waals surface area contributed by atoms with Crippen molar-refractivity contribution < 1.29 is 9.53 Å². The van der Waals surface area contributed by atoms with E-state index in [1.807, 2.05) is 13.8 Å². The van der Waals surface area contributed by atoms with Crippen LogP contribution in [0.1, 0.15) is 40.0 Å². The van der Waals surface area contributed by atoms with Gasteiger partial charge in [-0.05, 0) is 19.9 Å². The molecule has 3 nitrogen and oxygen atoms in total. The molecule has 0 rings (SSSR count). The molecule has 0 saturated carbocycles. The summed E-state index contributed by atoms with van der Waals surface area (Å²) in [6, 6.07) is 0.194. The standard InChI is InChI=1S/C11H23NO2/c1-5-6-7-8-12-10(3)9(2)11(13)14-4/h9-10,12H,5-8H2,1-4H3. The molecular formula is C11H23NO2. The van der Waals surface area contributed by atoms with Crippen LogP contribution < -0.4 is 5.32 Å². The highest BCUT2D eigenvalue weighted by molar-refractivity contribution is 5.72. The molecule has 0 aromatic rings. The number of unbranched alkanes of at least 4 members (excludes halogenated alkanes) is 2. The first-order valence-corrected chi connectivity index (χ1v) is 5.44. The van der Waals surface area contributed by atoms with E-state index in [-0.39, 0.29) is 17.9 Å². The molecule has 3 heteroatoms. The minimum atomic E-state index is -0.138. The fourth-order valence-corrected chi connectivity index (χ4v) is 1.27. The SMILES string of the molecule is CCCCCNC(C)C(C)C(=O)OC. The molecule has 0 amide bonds. The first kappa shape index (κ1) is 13.4. The molecule has 0 heterocycles. The van der Waals surface area contributed by atoms with Crippen molar-refractivity contribution in [1.82, 2.24) is 5.32 Å². The molecule has 1 N–H and O–H groups in total. The number of hydrogen-bond acceptors (Lipinski definition) is 3. The molecule has 0 radical (unpaired) electrons. The average molecular weight is 201 g/mol. The van der Waals surface area contributed by atoms with Crippen LogP contribution in [-0.2, 0) is 9.53 Å². The fourth-order valence-electron chi connectivity index (χ4n) is 1.27. The second-order valence-corrected chi connectivity index (χ2v) is 3.76. The minimum absolute atomic E-state index is 0.0679. The molecular weight excluding hydrogens is 178 g/mol. The van der Waals surface area contributed by atoms with Crippen LogP contribution in [0.2, 0.25) is 0 Å². The maximum atomic E-state index is 11.2. The lowest BCUT2D eigenvalue weighted by molar-refractivity contribution is -0.145. The number of carbonyl (C=O) groups excluding carboxylic acids is 1. The number of nitrogens with one attached hydrogen (secondary N) is 1. The van der Waals surface area contributed by atoms with Gasteiger partial charge in [-0.25, -0.2) is 0 Å². The fraction of sp³-hybridized carbons (Fsp3) is 0.909. The Balaban J connectivity index is 3.61. The number of methoxy groups -OCH3 is 1. The zero-order valence-electron chi connectivity index (χ0n) is 9.80. The third-order valence-corrected chi connectivity index (χ3v) is 2.57. The highest BCUT2D eigenvalue weighted by Gasteiger charge is 2.19. The minimum Gasteiger partial charge on any atom is -0.469 e. The highest BCUT2D eigenvalue weighted by atomic mass is 16.5. The van der Waals surface area contributed by atoms with Gasteiger partial charge in [-0.2, -0.15) is 0 Å². The van der Waals surface area contributed by atoms with E-state index >= 15 is 0 Å². The quantitative estimate of drug-likeness (QED) is 0.505. The van der Waals surface area contributed by atoms with Gasteiger partial charge >= 0.3 is 5.97 Å².